The van der Waals surface area contributed by atoms with Gasteiger partial charge in [0.25, 0.3) is 0 Å². The highest BCUT2D eigenvalue weighted by Crippen LogP contribution is 2.28. The Morgan fingerprint density at radius 2 is 2.10 bits per heavy atom. The number of fused-ring (bicyclic) bond motifs is 2. The quantitative estimate of drug-likeness (QED) is 0.839. The summed E-state index contributed by atoms with van der Waals surface area (Å²) in [7, 11) is 0. The number of anilines is 2. The van der Waals surface area contributed by atoms with E-state index in [-0.39, 0.29) is 24.2 Å². The zero-order valence-corrected chi connectivity index (χ0v) is 12.8. The summed E-state index contributed by atoms with van der Waals surface area (Å²) in [6.07, 6.45) is 2.73. The molecule has 2 aliphatic heterocycles. The van der Waals surface area contributed by atoms with Crippen LogP contribution in [-0.2, 0) is 9.53 Å². The van der Waals surface area contributed by atoms with Crippen LogP contribution in [0.1, 0.15) is 19.8 Å². The summed E-state index contributed by atoms with van der Waals surface area (Å²) >= 11 is 5.94. The molecule has 3 rings (SSSR count). The number of rotatable bonds is 3. The molecule has 1 amide bonds. The molecule has 0 aromatic heterocycles. The molecule has 2 saturated heterocycles. The van der Waals surface area contributed by atoms with E-state index in [2.05, 4.69) is 10.2 Å². The topological polar surface area (TPSA) is 67.6 Å². The van der Waals surface area contributed by atoms with Crippen molar-refractivity contribution in [3.8, 4) is 0 Å². The number of nitrogens with one attached hydrogen (secondary N) is 1. The molecule has 5 nitrogen and oxygen atoms in total. The highest BCUT2D eigenvalue weighted by molar-refractivity contribution is 6.31. The number of benzene rings is 1. The molecule has 2 heterocycles. The first kappa shape index (κ1) is 14.6. The molecule has 2 aliphatic rings. The maximum absolute atomic E-state index is 12.4. The van der Waals surface area contributed by atoms with Crippen molar-refractivity contribution in [1.82, 2.24) is 4.90 Å². The second-order valence-electron chi connectivity index (χ2n) is 5.81. The van der Waals surface area contributed by atoms with Crippen LogP contribution in [0.2, 0.25) is 5.02 Å². The number of likely N-dealkylation sites (tertiary alicyclic amines) is 1. The molecule has 0 spiro atoms. The Hall–Kier alpha value is -1.30. The van der Waals surface area contributed by atoms with Crippen molar-refractivity contribution in [2.45, 2.75) is 38.0 Å². The van der Waals surface area contributed by atoms with Crippen LogP contribution in [0, 0.1) is 0 Å². The number of ether oxygens (including phenoxy) is 1. The van der Waals surface area contributed by atoms with Gasteiger partial charge >= 0.3 is 0 Å². The smallest absolute Gasteiger partial charge is 0.241 e. The molecule has 21 heavy (non-hydrogen) atoms. The largest absolute Gasteiger partial charge is 0.397 e. The Kier molecular flexibility index (Phi) is 4.06. The van der Waals surface area contributed by atoms with Crippen molar-refractivity contribution < 1.29 is 9.53 Å². The minimum absolute atomic E-state index is 0.0646. The van der Waals surface area contributed by atoms with Crippen LogP contribution in [0.5, 0.6) is 0 Å². The number of amides is 1. The number of carbonyl (C=O) groups excluding carboxylic acids is 1. The molecule has 2 bridgehead atoms. The normalized spacial score (nSPS) is 26.6. The molecule has 3 N–H and O–H groups in total. The average molecular weight is 310 g/mol. The van der Waals surface area contributed by atoms with Crippen LogP contribution in [-0.4, -0.2) is 42.1 Å². The second kappa shape index (κ2) is 5.83. The van der Waals surface area contributed by atoms with Gasteiger partial charge in [-0.25, -0.2) is 0 Å². The van der Waals surface area contributed by atoms with Crippen LogP contribution < -0.4 is 11.1 Å². The lowest BCUT2D eigenvalue weighted by atomic mass is 10.2. The van der Waals surface area contributed by atoms with Crippen molar-refractivity contribution in [3.05, 3.63) is 23.2 Å². The lowest BCUT2D eigenvalue weighted by Crippen LogP contribution is -2.51. The van der Waals surface area contributed by atoms with Crippen LogP contribution >= 0.6 is 11.6 Å². The minimum Gasteiger partial charge on any atom is -0.397 e. The van der Waals surface area contributed by atoms with Crippen LogP contribution in [0.3, 0.4) is 0 Å². The number of halogens is 1. The Balaban J connectivity index is 1.66. The standard InChI is InChI=1S/C15H20ClN3O2/c1-9(19-7-11-3-4-12(8-19)21-11)15(20)18-14-6-10(16)2-5-13(14)17/h2,5-6,9,11-12H,3-4,7-8,17H2,1H3,(H,18,20). The predicted octanol–water partition coefficient (Wildman–Crippen LogP) is 2.11. The van der Waals surface area contributed by atoms with E-state index in [0.717, 1.165) is 25.9 Å². The van der Waals surface area contributed by atoms with Crippen molar-refractivity contribution in [1.29, 1.82) is 0 Å². The molecule has 1 aromatic carbocycles. The SMILES string of the molecule is CC(C(=O)Nc1cc(Cl)ccc1N)N1CC2CCC(C1)O2. The fraction of sp³-hybridized carbons (Fsp3) is 0.533. The molecule has 2 fully saturated rings. The summed E-state index contributed by atoms with van der Waals surface area (Å²) in [5, 5.41) is 3.42. The average Bonchev–Trinajstić information content (AvgIpc) is 2.80. The van der Waals surface area contributed by atoms with Gasteiger partial charge in [0.2, 0.25) is 5.91 Å². The van der Waals surface area contributed by atoms with Gasteiger partial charge in [-0.15, -0.1) is 0 Å². The fourth-order valence-corrected chi connectivity index (χ4v) is 3.17. The zero-order valence-electron chi connectivity index (χ0n) is 12.0. The molecule has 0 saturated carbocycles. The van der Waals surface area contributed by atoms with Crippen LogP contribution in [0.15, 0.2) is 18.2 Å². The summed E-state index contributed by atoms with van der Waals surface area (Å²) in [5.74, 6) is -0.0646. The van der Waals surface area contributed by atoms with Gasteiger partial charge in [-0.1, -0.05) is 11.6 Å². The Morgan fingerprint density at radius 1 is 1.43 bits per heavy atom. The van der Waals surface area contributed by atoms with E-state index in [1.807, 2.05) is 6.92 Å². The van der Waals surface area contributed by atoms with Gasteiger partial charge in [0.1, 0.15) is 0 Å². The van der Waals surface area contributed by atoms with Crippen molar-refractivity contribution in [3.63, 3.8) is 0 Å². The first-order valence-electron chi connectivity index (χ1n) is 7.28. The highest BCUT2D eigenvalue weighted by atomic mass is 35.5. The number of carbonyl (C=O) groups is 1. The van der Waals surface area contributed by atoms with Gasteiger partial charge < -0.3 is 15.8 Å². The number of morpholine rings is 1. The van der Waals surface area contributed by atoms with E-state index in [0.29, 0.717) is 16.4 Å². The third kappa shape index (κ3) is 3.15. The van der Waals surface area contributed by atoms with Gasteiger partial charge in [0, 0.05) is 18.1 Å². The molecule has 3 atom stereocenters. The molecule has 0 aliphatic carbocycles. The monoisotopic (exact) mass is 309 g/mol. The van der Waals surface area contributed by atoms with Gasteiger partial charge in [-0.3, -0.25) is 9.69 Å². The number of hydrogen-bond acceptors (Lipinski definition) is 4. The van der Waals surface area contributed by atoms with E-state index < -0.39 is 0 Å². The third-order valence-electron chi connectivity index (χ3n) is 4.27. The summed E-state index contributed by atoms with van der Waals surface area (Å²) in [6.45, 7) is 3.55. The summed E-state index contributed by atoms with van der Waals surface area (Å²) in [5.41, 5.74) is 6.94. The van der Waals surface area contributed by atoms with E-state index >= 15 is 0 Å². The fourth-order valence-electron chi connectivity index (χ4n) is 3.00. The number of hydrogen-bond donors (Lipinski definition) is 2. The van der Waals surface area contributed by atoms with Crippen LogP contribution in [0.25, 0.3) is 0 Å². The molecular formula is C15H20ClN3O2. The summed E-state index contributed by atoms with van der Waals surface area (Å²) in [4.78, 5) is 14.6. The Bertz CT molecular complexity index is 540. The first-order chi connectivity index (χ1) is 10.0. The molecule has 3 unspecified atom stereocenters. The van der Waals surface area contributed by atoms with Crippen molar-refractivity contribution in [2.75, 3.05) is 24.1 Å². The lowest BCUT2D eigenvalue weighted by Gasteiger charge is -2.35. The van der Waals surface area contributed by atoms with Gasteiger partial charge in [0.05, 0.1) is 29.6 Å². The highest BCUT2D eigenvalue weighted by Gasteiger charge is 2.37. The van der Waals surface area contributed by atoms with E-state index in [9.17, 15) is 4.79 Å². The summed E-state index contributed by atoms with van der Waals surface area (Å²) in [6, 6.07) is 4.85. The van der Waals surface area contributed by atoms with E-state index in [1.54, 1.807) is 18.2 Å². The maximum atomic E-state index is 12.4. The Labute approximate surface area is 129 Å². The molecule has 114 valence electrons. The minimum atomic E-state index is -0.213. The van der Waals surface area contributed by atoms with Gasteiger partial charge in [-0.2, -0.15) is 0 Å². The zero-order chi connectivity index (χ0) is 15.0. The predicted molar refractivity (Wildman–Crippen MR) is 83.4 cm³/mol. The van der Waals surface area contributed by atoms with Gasteiger partial charge in [-0.05, 0) is 38.0 Å². The molecule has 1 aromatic rings. The summed E-state index contributed by atoms with van der Waals surface area (Å²) < 4.78 is 5.80. The maximum Gasteiger partial charge on any atom is 0.241 e. The van der Waals surface area contributed by atoms with Crippen molar-refractivity contribution in [2.24, 2.45) is 0 Å². The van der Waals surface area contributed by atoms with Crippen LogP contribution in [0.4, 0.5) is 11.4 Å². The lowest BCUT2D eigenvalue weighted by molar-refractivity contribution is -0.124. The van der Waals surface area contributed by atoms with E-state index in [1.165, 1.54) is 0 Å². The van der Waals surface area contributed by atoms with Crippen molar-refractivity contribution >= 4 is 28.9 Å². The number of nitrogen functional groups attached to an aromatic ring is 1. The molecular weight excluding hydrogens is 290 g/mol. The number of nitrogens with zero attached hydrogens (tertiary/aromatic N) is 1. The second-order valence-corrected chi connectivity index (χ2v) is 6.24. The van der Waals surface area contributed by atoms with E-state index in [4.69, 9.17) is 22.1 Å². The number of nitrogens with two attached hydrogens (primary N) is 1. The van der Waals surface area contributed by atoms with Gasteiger partial charge in [0.15, 0.2) is 0 Å². The molecule has 6 heteroatoms. The molecule has 0 radical (unpaired) electrons. The third-order valence-corrected chi connectivity index (χ3v) is 4.51. The Morgan fingerprint density at radius 3 is 2.76 bits per heavy atom. The first-order valence-corrected chi connectivity index (χ1v) is 7.66.